The third-order valence-corrected chi connectivity index (χ3v) is 4.65. The number of methoxy groups -OCH3 is 1. The van der Waals surface area contributed by atoms with E-state index in [-0.39, 0.29) is 18.6 Å². The van der Waals surface area contributed by atoms with Gasteiger partial charge in [0.05, 0.1) is 13.2 Å². The number of carbonyl (C=O) groups excluding carboxylic acids is 1. The molecule has 0 unspecified atom stereocenters. The summed E-state index contributed by atoms with van der Waals surface area (Å²) in [5.74, 6) is 1.34. The average Bonchev–Trinajstić information content (AvgIpc) is 2.61. The molecule has 0 aromatic heterocycles. The normalized spacial score (nSPS) is 11.7. The van der Waals surface area contributed by atoms with Gasteiger partial charge in [0, 0.05) is 4.47 Å². The second-order valence-electron chi connectivity index (χ2n) is 5.50. The van der Waals surface area contributed by atoms with Crippen LogP contribution in [-0.2, 0) is 4.79 Å². The Hall–Kier alpha value is -2.01. The number of aryl methyl sites for hydroxylation is 1. The van der Waals surface area contributed by atoms with E-state index in [1.807, 2.05) is 56.3 Å². The Morgan fingerprint density at radius 3 is 2.42 bits per heavy atom. The van der Waals surface area contributed by atoms with E-state index in [2.05, 4.69) is 21.2 Å². The molecule has 0 aliphatic rings. The predicted octanol–water partition coefficient (Wildman–Crippen LogP) is 4.41. The number of ether oxygens (including phenoxy) is 2. The molecule has 128 valence electrons. The van der Waals surface area contributed by atoms with Crippen molar-refractivity contribution < 1.29 is 14.3 Å². The van der Waals surface area contributed by atoms with Gasteiger partial charge >= 0.3 is 0 Å². The van der Waals surface area contributed by atoms with Crippen LogP contribution in [0.15, 0.2) is 46.9 Å². The Bertz CT molecular complexity index is 686. The minimum Gasteiger partial charge on any atom is -0.497 e. The molecule has 2 rings (SSSR count). The first-order chi connectivity index (χ1) is 11.5. The fourth-order valence-electron chi connectivity index (χ4n) is 2.35. The molecule has 0 bridgehead atoms. The minimum atomic E-state index is -0.141. The van der Waals surface area contributed by atoms with E-state index in [0.29, 0.717) is 5.75 Å². The largest absolute Gasteiger partial charge is 0.497 e. The van der Waals surface area contributed by atoms with Crippen molar-refractivity contribution in [1.82, 2.24) is 5.32 Å². The number of rotatable bonds is 7. The van der Waals surface area contributed by atoms with Crippen LogP contribution in [0.1, 0.15) is 30.5 Å². The molecule has 1 amide bonds. The molecule has 0 aliphatic heterocycles. The van der Waals surface area contributed by atoms with Gasteiger partial charge in [0.25, 0.3) is 5.91 Å². The summed E-state index contributed by atoms with van der Waals surface area (Å²) < 4.78 is 11.7. The van der Waals surface area contributed by atoms with Crippen molar-refractivity contribution in [3.05, 3.63) is 58.1 Å². The maximum absolute atomic E-state index is 12.2. The van der Waals surface area contributed by atoms with E-state index >= 15 is 0 Å². The van der Waals surface area contributed by atoms with Gasteiger partial charge in [0.15, 0.2) is 6.61 Å². The van der Waals surface area contributed by atoms with E-state index in [9.17, 15) is 4.79 Å². The average molecular weight is 392 g/mol. The number of amides is 1. The van der Waals surface area contributed by atoms with Gasteiger partial charge in [-0.15, -0.1) is 0 Å². The third-order valence-electron chi connectivity index (χ3n) is 3.76. The van der Waals surface area contributed by atoms with Gasteiger partial charge in [-0.2, -0.15) is 0 Å². The molecule has 0 radical (unpaired) electrons. The number of halogens is 1. The number of nitrogens with one attached hydrogen (secondary N) is 1. The lowest BCUT2D eigenvalue weighted by molar-refractivity contribution is -0.123. The molecular weight excluding hydrogens is 370 g/mol. The molecule has 0 spiro atoms. The zero-order valence-corrected chi connectivity index (χ0v) is 15.7. The Morgan fingerprint density at radius 2 is 1.83 bits per heavy atom. The fourth-order valence-corrected chi connectivity index (χ4v) is 2.60. The molecule has 0 fully saturated rings. The second kappa shape index (κ2) is 8.73. The van der Waals surface area contributed by atoms with Gasteiger partial charge < -0.3 is 14.8 Å². The first-order valence-corrected chi connectivity index (χ1v) is 8.65. The molecule has 1 N–H and O–H groups in total. The minimum absolute atomic E-state index is 0.00622. The van der Waals surface area contributed by atoms with Crippen molar-refractivity contribution in [2.75, 3.05) is 13.7 Å². The van der Waals surface area contributed by atoms with Crippen LogP contribution in [0, 0.1) is 6.92 Å². The number of hydrogen-bond acceptors (Lipinski definition) is 3. The lowest BCUT2D eigenvalue weighted by Crippen LogP contribution is -2.32. The summed E-state index contributed by atoms with van der Waals surface area (Å²) in [7, 11) is 1.63. The summed E-state index contributed by atoms with van der Waals surface area (Å²) >= 11 is 3.44. The summed E-state index contributed by atoms with van der Waals surface area (Å²) in [6, 6.07) is 13.3. The lowest BCUT2D eigenvalue weighted by atomic mass is 10.0. The van der Waals surface area contributed by atoms with Crippen molar-refractivity contribution in [1.29, 1.82) is 0 Å². The summed E-state index contributed by atoms with van der Waals surface area (Å²) in [6.07, 6.45) is 0.801. The molecule has 0 aliphatic carbocycles. The molecule has 2 aromatic rings. The standard InChI is InChI=1S/C19H22BrNO3/c1-4-18(14-5-7-15(23-3)8-6-14)21-19(22)12-24-16-9-10-17(20)13(2)11-16/h5-11,18H,4,12H2,1-3H3,(H,21,22)/t18-/m1/s1. The topological polar surface area (TPSA) is 47.6 Å². The Balaban J connectivity index is 1.92. The highest BCUT2D eigenvalue weighted by molar-refractivity contribution is 9.10. The first kappa shape index (κ1) is 18.3. The highest BCUT2D eigenvalue weighted by atomic mass is 79.9. The number of hydrogen-bond donors (Lipinski definition) is 1. The lowest BCUT2D eigenvalue weighted by Gasteiger charge is -2.18. The molecule has 4 nitrogen and oxygen atoms in total. The van der Waals surface area contributed by atoms with Crippen molar-refractivity contribution in [2.45, 2.75) is 26.3 Å². The van der Waals surface area contributed by atoms with Crippen molar-refractivity contribution in [3.8, 4) is 11.5 Å². The fraction of sp³-hybridized carbons (Fsp3) is 0.316. The predicted molar refractivity (Wildman–Crippen MR) is 98.5 cm³/mol. The Labute approximate surface area is 151 Å². The van der Waals surface area contributed by atoms with E-state index in [1.54, 1.807) is 7.11 Å². The van der Waals surface area contributed by atoms with Crippen LogP contribution in [0.25, 0.3) is 0 Å². The maximum atomic E-state index is 12.2. The zero-order chi connectivity index (χ0) is 17.5. The molecule has 24 heavy (non-hydrogen) atoms. The van der Waals surface area contributed by atoms with Gasteiger partial charge in [-0.25, -0.2) is 0 Å². The van der Waals surface area contributed by atoms with Crippen LogP contribution in [0.2, 0.25) is 0 Å². The Morgan fingerprint density at radius 1 is 1.17 bits per heavy atom. The molecule has 2 aromatic carbocycles. The van der Waals surface area contributed by atoms with Gasteiger partial charge in [-0.3, -0.25) is 4.79 Å². The first-order valence-electron chi connectivity index (χ1n) is 7.85. The van der Waals surface area contributed by atoms with Crippen LogP contribution < -0.4 is 14.8 Å². The highest BCUT2D eigenvalue weighted by Gasteiger charge is 2.13. The van der Waals surface area contributed by atoms with Crippen LogP contribution in [-0.4, -0.2) is 19.6 Å². The highest BCUT2D eigenvalue weighted by Crippen LogP contribution is 2.22. The summed E-state index contributed by atoms with van der Waals surface area (Å²) in [5.41, 5.74) is 2.11. The van der Waals surface area contributed by atoms with Gasteiger partial charge in [-0.05, 0) is 54.8 Å². The summed E-state index contributed by atoms with van der Waals surface area (Å²) in [6.45, 7) is 4.01. The summed E-state index contributed by atoms with van der Waals surface area (Å²) in [4.78, 5) is 12.2. The van der Waals surface area contributed by atoms with Gasteiger partial charge in [0.1, 0.15) is 11.5 Å². The Kier molecular flexibility index (Phi) is 6.67. The van der Waals surface area contributed by atoms with Crippen LogP contribution in [0.4, 0.5) is 0 Å². The number of carbonyl (C=O) groups is 1. The third kappa shape index (κ3) is 4.99. The van der Waals surface area contributed by atoms with Crippen LogP contribution >= 0.6 is 15.9 Å². The van der Waals surface area contributed by atoms with E-state index in [4.69, 9.17) is 9.47 Å². The van der Waals surface area contributed by atoms with E-state index in [1.165, 1.54) is 0 Å². The van der Waals surface area contributed by atoms with Gasteiger partial charge in [-0.1, -0.05) is 35.0 Å². The number of benzene rings is 2. The molecular formula is C19H22BrNO3. The summed E-state index contributed by atoms with van der Waals surface area (Å²) in [5, 5.41) is 3.00. The molecule has 0 heterocycles. The van der Waals surface area contributed by atoms with Crippen LogP contribution in [0.3, 0.4) is 0 Å². The second-order valence-corrected chi connectivity index (χ2v) is 6.36. The molecule has 0 saturated carbocycles. The molecule has 1 atom stereocenters. The van der Waals surface area contributed by atoms with E-state index in [0.717, 1.165) is 27.8 Å². The van der Waals surface area contributed by atoms with Crippen molar-refractivity contribution in [3.63, 3.8) is 0 Å². The molecule has 0 saturated heterocycles. The van der Waals surface area contributed by atoms with Crippen LogP contribution in [0.5, 0.6) is 11.5 Å². The van der Waals surface area contributed by atoms with E-state index < -0.39 is 0 Å². The molecule has 5 heteroatoms. The van der Waals surface area contributed by atoms with Crippen molar-refractivity contribution in [2.24, 2.45) is 0 Å². The SMILES string of the molecule is CC[C@@H](NC(=O)COc1ccc(Br)c(C)c1)c1ccc(OC)cc1. The quantitative estimate of drug-likeness (QED) is 0.759. The zero-order valence-electron chi connectivity index (χ0n) is 14.1. The monoisotopic (exact) mass is 391 g/mol. The smallest absolute Gasteiger partial charge is 0.258 e. The maximum Gasteiger partial charge on any atom is 0.258 e. The van der Waals surface area contributed by atoms with Gasteiger partial charge in [0.2, 0.25) is 0 Å². The van der Waals surface area contributed by atoms with Crippen molar-refractivity contribution >= 4 is 21.8 Å².